The van der Waals surface area contributed by atoms with Crippen molar-refractivity contribution in [1.29, 1.82) is 0 Å². The van der Waals surface area contributed by atoms with Crippen molar-refractivity contribution in [3.8, 4) is 0 Å². The maximum atomic E-state index is 13.7. The average Bonchev–Trinajstić information content (AvgIpc) is 3.06. The van der Waals surface area contributed by atoms with E-state index in [2.05, 4.69) is 16.3 Å². The van der Waals surface area contributed by atoms with Crippen molar-refractivity contribution >= 4 is 5.91 Å². The van der Waals surface area contributed by atoms with Crippen LogP contribution in [-0.4, -0.2) is 29.7 Å². The van der Waals surface area contributed by atoms with Crippen molar-refractivity contribution in [3.05, 3.63) is 71.3 Å². The van der Waals surface area contributed by atoms with E-state index in [0.717, 1.165) is 5.56 Å². The Morgan fingerprint density at radius 2 is 1.88 bits per heavy atom. The molecule has 5 N–H and O–H groups in total. The largest absolute Gasteiger partial charge is 0.337 e. The molecule has 1 heterocycles. The molecule has 2 aromatic carbocycles. The first kappa shape index (κ1) is 18.4. The van der Waals surface area contributed by atoms with E-state index in [4.69, 9.17) is 5.73 Å². The third kappa shape index (κ3) is 4.61. The number of nitrogens with two attached hydrogens (primary N) is 1. The van der Waals surface area contributed by atoms with Gasteiger partial charge in [0.2, 0.25) is 5.91 Å². The Morgan fingerprint density at radius 3 is 2.58 bits per heavy atom. The minimum atomic E-state index is -0.683. The maximum Gasteiger partial charge on any atom is 0.238 e. The number of hydrogen-bond donors (Lipinski definition) is 4. The molecule has 0 aromatic heterocycles. The van der Waals surface area contributed by atoms with Crippen molar-refractivity contribution < 1.29 is 13.6 Å². The highest BCUT2D eigenvalue weighted by Gasteiger charge is 2.26. The molecule has 26 heavy (non-hydrogen) atoms. The Balaban J connectivity index is 1.50. The van der Waals surface area contributed by atoms with Crippen molar-refractivity contribution in [2.24, 2.45) is 5.73 Å². The number of hydrazine groups is 2. The summed E-state index contributed by atoms with van der Waals surface area (Å²) in [6.07, 6.45) is 0.0101. The van der Waals surface area contributed by atoms with Crippen molar-refractivity contribution in [2.45, 2.75) is 25.2 Å². The lowest BCUT2D eigenvalue weighted by molar-refractivity contribution is -0.123. The van der Waals surface area contributed by atoms with Crippen LogP contribution in [0.2, 0.25) is 0 Å². The molecule has 1 amide bonds. The molecule has 0 bridgehead atoms. The monoisotopic (exact) mass is 361 g/mol. The van der Waals surface area contributed by atoms with Crippen molar-refractivity contribution in [3.63, 3.8) is 0 Å². The molecule has 0 spiro atoms. The molecule has 2 aromatic rings. The van der Waals surface area contributed by atoms with Gasteiger partial charge in [-0.15, -0.1) is 0 Å². The first-order valence-corrected chi connectivity index (χ1v) is 8.32. The van der Waals surface area contributed by atoms with Gasteiger partial charge >= 0.3 is 0 Å². The van der Waals surface area contributed by atoms with Gasteiger partial charge in [-0.25, -0.2) is 19.2 Å². The number of carbonyl (C=O) groups excluding carboxylic acids is 1. The molecule has 1 unspecified atom stereocenters. The van der Waals surface area contributed by atoms with Gasteiger partial charge in [0.05, 0.1) is 6.04 Å². The Hall–Kier alpha value is -2.39. The van der Waals surface area contributed by atoms with Crippen LogP contribution < -0.4 is 22.0 Å². The molecule has 6 nitrogen and oxygen atoms in total. The quantitative estimate of drug-likeness (QED) is 0.612. The fourth-order valence-electron chi connectivity index (χ4n) is 2.78. The predicted octanol–water partition coefficient (Wildman–Crippen LogP) is 0.802. The Labute approximate surface area is 150 Å². The van der Waals surface area contributed by atoms with Gasteiger partial charge in [0.15, 0.2) is 0 Å². The van der Waals surface area contributed by atoms with Gasteiger partial charge in [-0.3, -0.25) is 4.79 Å². The smallest absolute Gasteiger partial charge is 0.238 e. The predicted molar refractivity (Wildman–Crippen MR) is 93.1 cm³/mol. The van der Waals surface area contributed by atoms with Crippen LogP contribution in [-0.2, 0) is 17.8 Å². The highest BCUT2D eigenvalue weighted by atomic mass is 19.1. The Bertz CT molecular complexity index is 738. The van der Waals surface area contributed by atoms with Crippen molar-refractivity contribution in [2.75, 3.05) is 6.54 Å². The summed E-state index contributed by atoms with van der Waals surface area (Å²) < 4.78 is 27.4. The number of nitrogens with zero attached hydrogens (tertiary/aromatic N) is 1. The highest BCUT2D eigenvalue weighted by Crippen LogP contribution is 2.14. The second-order valence-corrected chi connectivity index (χ2v) is 6.19. The van der Waals surface area contributed by atoms with Crippen LogP contribution in [0.25, 0.3) is 0 Å². The van der Waals surface area contributed by atoms with Gasteiger partial charge in [-0.2, -0.15) is 5.53 Å². The van der Waals surface area contributed by atoms with Gasteiger partial charge in [0, 0.05) is 18.7 Å². The van der Waals surface area contributed by atoms with Gasteiger partial charge in [-0.05, 0) is 24.1 Å². The summed E-state index contributed by atoms with van der Waals surface area (Å²) in [5.74, 6) is -1.51. The third-order valence-electron chi connectivity index (χ3n) is 4.16. The fourth-order valence-corrected chi connectivity index (χ4v) is 2.78. The molecule has 1 fully saturated rings. The topological polar surface area (TPSA) is 82.4 Å². The zero-order chi connectivity index (χ0) is 18.5. The normalized spacial score (nSPS) is 18.7. The molecular weight excluding hydrogens is 340 g/mol. The van der Waals surface area contributed by atoms with Crippen LogP contribution in [0.3, 0.4) is 0 Å². The molecule has 0 radical (unpaired) electrons. The highest BCUT2D eigenvalue weighted by molar-refractivity contribution is 5.82. The summed E-state index contributed by atoms with van der Waals surface area (Å²) in [4.78, 5) is 12.2. The molecule has 138 valence electrons. The molecule has 8 heteroatoms. The van der Waals surface area contributed by atoms with E-state index in [9.17, 15) is 13.6 Å². The Kier molecular flexibility index (Phi) is 5.89. The number of hydrogen-bond acceptors (Lipinski definition) is 5. The van der Waals surface area contributed by atoms with Crippen LogP contribution in [0.4, 0.5) is 8.78 Å². The van der Waals surface area contributed by atoms with E-state index in [1.165, 1.54) is 18.2 Å². The number of nitrogens with one attached hydrogen (secondary N) is 3. The lowest BCUT2D eigenvalue weighted by atomic mass is 10.1. The van der Waals surface area contributed by atoms with Gasteiger partial charge in [-0.1, -0.05) is 36.4 Å². The summed E-state index contributed by atoms with van der Waals surface area (Å²) >= 11 is 0. The van der Waals surface area contributed by atoms with Crippen LogP contribution in [0.5, 0.6) is 0 Å². The summed E-state index contributed by atoms with van der Waals surface area (Å²) in [6, 6.07) is 12.6. The minimum absolute atomic E-state index is 0.0218. The first-order valence-electron chi connectivity index (χ1n) is 8.32. The van der Waals surface area contributed by atoms with E-state index in [0.29, 0.717) is 13.0 Å². The summed E-state index contributed by atoms with van der Waals surface area (Å²) in [6.45, 7) is 0.353. The molecule has 1 saturated heterocycles. The number of amides is 1. The molecule has 0 saturated carbocycles. The van der Waals surface area contributed by atoms with E-state index in [1.807, 2.05) is 30.3 Å². The van der Waals surface area contributed by atoms with Crippen LogP contribution in [0.1, 0.15) is 11.1 Å². The summed E-state index contributed by atoms with van der Waals surface area (Å²) in [5.41, 5.74) is 12.6. The number of rotatable bonds is 6. The summed E-state index contributed by atoms with van der Waals surface area (Å²) in [5, 5.41) is 4.36. The summed E-state index contributed by atoms with van der Waals surface area (Å²) in [7, 11) is 0. The van der Waals surface area contributed by atoms with Crippen molar-refractivity contribution in [1.82, 2.24) is 21.3 Å². The lowest BCUT2D eigenvalue weighted by Crippen LogP contribution is -2.51. The fraction of sp³-hybridized carbons (Fsp3) is 0.278. The SMILES string of the molecule is N[C@H](Cc1ccccc1)C(=O)NC1CN(Cc2c(F)cccc2F)NN1. The van der Waals surface area contributed by atoms with E-state index in [1.54, 1.807) is 5.01 Å². The van der Waals surface area contributed by atoms with Crippen LogP contribution >= 0.6 is 0 Å². The first-order chi connectivity index (χ1) is 12.5. The van der Waals surface area contributed by atoms with E-state index < -0.39 is 23.8 Å². The zero-order valence-corrected chi connectivity index (χ0v) is 14.1. The number of halogens is 2. The molecule has 1 aliphatic heterocycles. The number of benzene rings is 2. The standard InChI is InChI=1S/C18H21F2N5O/c19-14-7-4-8-15(20)13(14)10-25-11-17(23-24-25)22-18(26)16(21)9-12-5-2-1-3-6-12/h1-8,16-17,23-24H,9-11,21H2,(H,22,26)/t16-,17?/m1/s1. The van der Waals surface area contributed by atoms with Crippen LogP contribution in [0, 0.1) is 11.6 Å². The second kappa shape index (κ2) is 8.33. The zero-order valence-electron chi connectivity index (χ0n) is 14.1. The minimum Gasteiger partial charge on any atom is -0.337 e. The molecule has 2 atom stereocenters. The Morgan fingerprint density at radius 1 is 1.19 bits per heavy atom. The van der Waals surface area contributed by atoms with E-state index in [-0.39, 0.29) is 18.0 Å². The second-order valence-electron chi connectivity index (χ2n) is 6.19. The van der Waals surface area contributed by atoms with E-state index >= 15 is 0 Å². The van der Waals surface area contributed by atoms with Gasteiger partial charge in [0.1, 0.15) is 17.8 Å². The maximum absolute atomic E-state index is 13.7. The molecule has 0 aliphatic carbocycles. The third-order valence-corrected chi connectivity index (χ3v) is 4.16. The lowest BCUT2D eigenvalue weighted by Gasteiger charge is -2.17. The van der Waals surface area contributed by atoms with Gasteiger partial charge < -0.3 is 11.1 Å². The molecule has 1 aliphatic rings. The number of carbonyl (C=O) groups is 1. The molecule has 3 rings (SSSR count). The average molecular weight is 361 g/mol. The van der Waals surface area contributed by atoms with Crippen LogP contribution in [0.15, 0.2) is 48.5 Å². The van der Waals surface area contributed by atoms with Gasteiger partial charge in [0.25, 0.3) is 0 Å². The molecular formula is C18H21F2N5O.